The van der Waals surface area contributed by atoms with E-state index in [2.05, 4.69) is 0 Å². The summed E-state index contributed by atoms with van der Waals surface area (Å²) in [6.07, 6.45) is 0. The molecule has 0 rings (SSSR count). The summed E-state index contributed by atoms with van der Waals surface area (Å²) >= 11 is 0. The molecule has 0 aliphatic rings. The first-order valence-electron chi connectivity index (χ1n) is 0. The van der Waals surface area contributed by atoms with Crippen molar-refractivity contribution in [3.63, 3.8) is 0 Å². The molecule has 0 spiro atoms. The van der Waals surface area contributed by atoms with Crippen LogP contribution in [0.1, 0.15) is 0 Å². The van der Waals surface area contributed by atoms with Crippen LogP contribution in [0.5, 0.6) is 0 Å². The Kier molecular flexibility index (Phi) is 8140. The summed E-state index contributed by atoms with van der Waals surface area (Å²) in [5, 5.41) is 0. The van der Waals surface area contributed by atoms with Gasteiger partial charge in [-0.1, -0.05) is 0 Å². The van der Waals surface area contributed by atoms with Crippen molar-refractivity contribution in [2.75, 3.05) is 0 Å². The molecule has 0 bridgehead atoms. The van der Waals surface area contributed by atoms with E-state index in [0.29, 0.717) is 0 Å². The van der Waals surface area contributed by atoms with Crippen LogP contribution in [-0.4, -0.2) is 39.9 Å². The molecule has 0 aromatic carbocycles. The minimum Gasteiger partial charge on any atom is -0.412 e. The van der Waals surface area contributed by atoms with Gasteiger partial charge in [0.05, 0.1) is 0 Å². The van der Waals surface area contributed by atoms with Crippen molar-refractivity contribution in [3.05, 3.63) is 0 Å². The van der Waals surface area contributed by atoms with Gasteiger partial charge in [0.15, 0.2) is 0 Å². The van der Waals surface area contributed by atoms with Gasteiger partial charge in [0.2, 0.25) is 0 Å². The van der Waals surface area contributed by atoms with E-state index in [1.165, 1.54) is 0 Å². The average Bonchev–Trinajstić information content (AvgIpc) is 0. The molecule has 4 nitrogen and oxygen atoms in total. The summed E-state index contributed by atoms with van der Waals surface area (Å²) in [7, 11) is 0. The van der Waals surface area contributed by atoms with Gasteiger partial charge in [-0.2, -0.15) is 0 Å². The van der Waals surface area contributed by atoms with E-state index in [0.717, 1.165) is 0 Å². The second kappa shape index (κ2) is 170. The Morgan fingerprint density at radius 2 is 0.500 bits per heavy atom. The molecule has 0 saturated heterocycles. The molecule has 0 heterocycles. The summed E-state index contributed by atoms with van der Waals surface area (Å²) < 4.78 is 0. The first kappa shape index (κ1) is 288. The van der Waals surface area contributed by atoms with Crippen LogP contribution in [-0.2, 0) is 17.1 Å². The third-order valence-electron chi connectivity index (χ3n) is 0. The van der Waals surface area contributed by atoms with Gasteiger partial charge >= 0.3 is 0 Å². The Balaban J connectivity index is 0. The molecule has 0 aromatic rings. The maximum Gasteiger partial charge on any atom is 0 e. The molecule has 0 aromatic heterocycles. The van der Waals surface area contributed by atoms with Crippen LogP contribution in [0.15, 0.2) is 0 Å². The summed E-state index contributed by atoms with van der Waals surface area (Å²) in [5.74, 6) is 0. The molecule has 3 radical (unpaired) electrons. The first-order chi connectivity index (χ1) is 0. The third-order valence-corrected chi connectivity index (χ3v) is 0. The maximum absolute atomic E-state index is 0. The summed E-state index contributed by atoms with van der Waals surface area (Å²) in [4.78, 5) is 0. The molecular weight excluding hydrogens is 195 g/mol. The predicted octanol–water partition coefficient (Wildman–Crippen LogP) is -3.68. The van der Waals surface area contributed by atoms with E-state index in [-0.39, 0.29) is 56.9 Å². The standard InChI is InChI=1S/As.Fe.4H2O/h;;4*1H2. The smallest absolute Gasteiger partial charge is 0 e. The second-order valence-corrected chi connectivity index (χ2v) is 0. The van der Waals surface area contributed by atoms with Crippen molar-refractivity contribution >= 4 is 18.0 Å². The van der Waals surface area contributed by atoms with Gasteiger partial charge in [-0.25, -0.2) is 0 Å². The van der Waals surface area contributed by atoms with Gasteiger partial charge < -0.3 is 21.9 Å². The Labute approximate surface area is 57.3 Å². The zero-order chi connectivity index (χ0) is 0. The fourth-order valence-electron chi connectivity index (χ4n) is 0. The van der Waals surface area contributed by atoms with Crippen molar-refractivity contribution in [3.8, 4) is 0 Å². The molecule has 0 atom stereocenters. The van der Waals surface area contributed by atoms with Crippen LogP contribution in [0.2, 0.25) is 0 Å². The third kappa shape index (κ3) is 89.6. The molecule has 0 saturated carbocycles. The molecule has 0 unspecified atom stereocenters. The zero-order valence-corrected chi connectivity index (χ0v) is 5.78. The van der Waals surface area contributed by atoms with Crippen LogP contribution in [0, 0.1) is 0 Å². The zero-order valence-electron chi connectivity index (χ0n) is 2.80. The van der Waals surface area contributed by atoms with Gasteiger partial charge in [-0.15, -0.1) is 0 Å². The Hall–Kier alpha value is 0.918. The Bertz CT molecular complexity index is 7.51. The molecule has 8 N–H and O–H groups in total. The van der Waals surface area contributed by atoms with Crippen LogP contribution >= 0.6 is 0 Å². The fraction of sp³-hybridized carbons (Fsp3) is 0. The van der Waals surface area contributed by atoms with E-state index in [1.54, 1.807) is 0 Å². The van der Waals surface area contributed by atoms with Crippen molar-refractivity contribution in [2.24, 2.45) is 0 Å². The normalized spacial score (nSPS) is 0. The second-order valence-electron chi connectivity index (χ2n) is 0. The Morgan fingerprint density at radius 3 is 0.500 bits per heavy atom. The number of hydrogen-bond donors (Lipinski definition) is 0. The van der Waals surface area contributed by atoms with E-state index in [1.807, 2.05) is 0 Å². The van der Waals surface area contributed by atoms with Crippen molar-refractivity contribution in [1.29, 1.82) is 0 Å². The van der Waals surface area contributed by atoms with E-state index >= 15 is 0 Å². The Morgan fingerprint density at radius 1 is 0.500 bits per heavy atom. The first-order valence-corrected chi connectivity index (χ1v) is 0. The van der Waals surface area contributed by atoms with Gasteiger partial charge in [-0.3, -0.25) is 0 Å². The quantitative estimate of drug-likeness (QED) is 0.359. The SMILES string of the molecule is O.O.O.O.[As].[Fe]. The van der Waals surface area contributed by atoms with Crippen LogP contribution in [0.3, 0.4) is 0 Å². The van der Waals surface area contributed by atoms with Gasteiger partial charge in [0.1, 0.15) is 0 Å². The molecule has 6 heteroatoms. The van der Waals surface area contributed by atoms with Gasteiger partial charge in [0.25, 0.3) is 0 Å². The molecule has 0 aliphatic heterocycles. The largest absolute Gasteiger partial charge is 0.412 e. The molecule has 45 valence electrons. The summed E-state index contributed by atoms with van der Waals surface area (Å²) in [5.41, 5.74) is 0. The molecule has 6 heavy (non-hydrogen) atoms. The van der Waals surface area contributed by atoms with Gasteiger partial charge in [-0.05, 0) is 0 Å². The minimum absolute atomic E-state index is 0. The van der Waals surface area contributed by atoms with Crippen LogP contribution in [0.4, 0.5) is 0 Å². The fourth-order valence-corrected chi connectivity index (χ4v) is 0. The van der Waals surface area contributed by atoms with Crippen LogP contribution < -0.4 is 0 Å². The molecule has 0 aliphatic carbocycles. The van der Waals surface area contributed by atoms with Crippen molar-refractivity contribution in [1.82, 2.24) is 0 Å². The maximum atomic E-state index is 0. The van der Waals surface area contributed by atoms with Crippen molar-refractivity contribution in [2.45, 2.75) is 0 Å². The molecular formula is H8AsFeO4. The van der Waals surface area contributed by atoms with E-state index in [4.69, 9.17) is 0 Å². The van der Waals surface area contributed by atoms with E-state index < -0.39 is 0 Å². The summed E-state index contributed by atoms with van der Waals surface area (Å²) in [6.45, 7) is 0. The number of rotatable bonds is 0. The average molecular weight is 203 g/mol. The molecule has 0 amide bonds. The van der Waals surface area contributed by atoms with Crippen molar-refractivity contribution < 1.29 is 39.0 Å². The predicted molar refractivity (Wildman–Crippen MR) is 20.2 cm³/mol. The molecule has 0 fully saturated rings. The topological polar surface area (TPSA) is 126 Å². The van der Waals surface area contributed by atoms with Gasteiger partial charge in [0, 0.05) is 35.0 Å². The monoisotopic (exact) mass is 203 g/mol. The number of hydrogen-bond acceptors (Lipinski definition) is 0. The summed E-state index contributed by atoms with van der Waals surface area (Å²) in [6, 6.07) is 0. The minimum atomic E-state index is 0. The van der Waals surface area contributed by atoms with Crippen LogP contribution in [0.25, 0.3) is 0 Å². The van der Waals surface area contributed by atoms with E-state index in [9.17, 15) is 0 Å².